The van der Waals surface area contributed by atoms with Gasteiger partial charge in [0.1, 0.15) is 5.76 Å². The highest BCUT2D eigenvalue weighted by Crippen LogP contribution is 2.03. The molecule has 0 fully saturated rings. The average molecular weight is 225 g/mol. The van der Waals surface area contributed by atoms with Crippen molar-refractivity contribution in [2.75, 3.05) is 13.6 Å². The van der Waals surface area contributed by atoms with Gasteiger partial charge in [-0.05, 0) is 12.1 Å². The number of rotatable bonds is 6. The Morgan fingerprint density at radius 3 is 2.75 bits per heavy atom. The van der Waals surface area contributed by atoms with Crippen LogP contribution in [0.2, 0.25) is 0 Å². The molecular formula is C11H15NO4. The second-order valence-electron chi connectivity index (χ2n) is 3.54. The molecule has 0 saturated carbocycles. The van der Waals surface area contributed by atoms with Gasteiger partial charge in [0.15, 0.2) is 0 Å². The van der Waals surface area contributed by atoms with Crippen molar-refractivity contribution in [2.24, 2.45) is 0 Å². The van der Waals surface area contributed by atoms with Gasteiger partial charge < -0.3 is 14.4 Å². The molecule has 0 aliphatic heterocycles. The third-order valence-corrected chi connectivity index (χ3v) is 2.25. The molecule has 0 atom stereocenters. The van der Waals surface area contributed by atoms with Gasteiger partial charge in [-0.25, -0.2) is 0 Å². The number of amides is 1. The van der Waals surface area contributed by atoms with Crippen molar-refractivity contribution in [3.05, 3.63) is 24.2 Å². The van der Waals surface area contributed by atoms with Crippen molar-refractivity contribution in [3.63, 3.8) is 0 Å². The molecule has 0 bridgehead atoms. The first-order valence-corrected chi connectivity index (χ1v) is 5.07. The Bertz CT molecular complexity index is 345. The van der Waals surface area contributed by atoms with Crippen LogP contribution in [0.1, 0.15) is 18.6 Å². The molecule has 16 heavy (non-hydrogen) atoms. The molecular weight excluding hydrogens is 210 g/mol. The van der Waals surface area contributed by atoms with E-state index >= 15 is 0 Å². The van der Waals surface area contributed by atoms with Crippen LogP contribution in [0.5, 0.6) is 0 Å². The lowest BCUT2D eigenvalue weighted by Crippen LogP contribution is -2.29. The fourth-order valence-corrected chi connectivity index (χ4v) is 1.26. The number of likely N-dealkylation sites (N-methyl/N-ethyl adjacent to an activating group) is 1. The van der Waals surface area contributed by atoms with Crippen LogP contribution in [0.15, 0.2) is 22.8 Å². The number of carbonyl (C=O) groups excluding carboxylic acids is 1. The van der Waals surface area contributed by atoms with Gasteiger partial charge in [0.2, 0.25) is 5.91 Å². The van der Waals surface area contributed by atoms with Gasteiger partial charge in [-0.3, -0.25) is 9.59 Å². The van der Waals surface area contributed by atoms with Crippen LogP contribution >= 0.6 is 0 Å². The van der Waals surface area contributed by atoms with E-state index in [1.54, 1.807) is 19.4 Å². The van der Waals surface area contributed by atoms with E-state index in [-0.39, 0.29) is 18.7 Å². The van der Waals surface area contributed by atoms with Crippen molar-refractivity contribution >= 4 is 11.9 Å². The number of carboxylic acid groups (broad SMARTS) is 1. The number of hydrogen-bond donors (Lipinski definition) is 1. The van der Waals surface area contributed by atoms with Gasteiger partial charge in [0, 0.05) is 26.4 Å². The van der Waals surface area contributed by atoms with Crippen LogP contribution in [0.4, 0.5) is 0 Å². The van der Waals surface area contributed by atoms with Crippen molar-refractivity contribution in [2.45, 2.75) is 19.3 Å². The van der Waals surface area contributed by atoms with Gasteiger partial charge >= 0.3 is 5.97 Å². The summed E-state index contributed by atoms with van der Waals surface area (Å²) < 4.78 is 5.13. The number of carbonyl (C=O) groups is 2. The molecule has 0 saturated heterocycles. The molecule has 5 nitrogen and oxygen atoms in total. The maximum absolute atomic E-state index is 11.4. The summed E-state index contributed by atoms with van der Waals surface area (Å²) in [5.74, 6) is -0.292. The standard InChI is InChI=1S/C11H15NO4/c1-12(10(13)4-5-11(14)15)7-6-9-3-2-8-16-9/h2-3,8H,4-7H2,1H3,(H,14,15). The molecule has 1 aromatic heterocycles. The minimum absolute atomic E-state index is 0.0456. The third-order valence-electron chi connectivity index (χ3n) is 2.25. The smallest absolute Gasteiger partial charge is 0.303 e. The van der Waals surface area contributed by atoms with Gasteiger partial charge in [0.25, 0.3) is 0 Å². The Morgan fingerprint density at radius 2 is 2.19 bits per heavy atom. The highest BCUT2D eigenvalue weighted by Gasteiger charge is 2.10. The molecule has 1 N–H and O–H groups in total. The van der Waals surface area contributed by atoms with E-state index in [2.05, 4.69) is 0 Å². The van der Waals surface area contributed by atoms with Crippen LogP contribution in [-0.4, -0.2) is 35.5 Å². The third kappa shape index (κ3) is 4.16. The molecule has 0 spiro atoms. The van der Waals surface area contributed by atoms with Gasteiger partial charge in [-0.15, -0.1) is 0 Å². The zero-order chi connectivity index (χ0) is 12.0. The minimum Gasteiger partial charge on any atom is -0.481 e. The van der Waals surface area contributed by atoms with Gasteiger partial charge in [-0.2, -0.15) is 0 Å². The molecule has 88 valence electrons. The van der Waals surface area contributed by atoms with Crippen LogP contribution in [0.3, 0.4) is 0 Å². The summed E-state index contributed by atoms with van der Waals surface area (Å²) in [6.07, 6.45) is 2.15. The number of nitrogens with zero attached hydrogens (tertiary/aromatic N) is 1. The van der Waals surface area contributed by atoms with E-state index in [1.165, 1.54) is 4.90 Å². The second-order valence-corrected chi connectivity index (χ2v) is 3.54. The predicted molar refractivity (Wildman–Crippen MR) is 56.9 cm³/mol. The summed E-state index contributed by atoms with van der Waals surface area (Å²) in [7, 11) is 1.66. The molecule has 0 aromatic carbocycles. The Labute approximate surface area is 93.7 Å². The summed E-state index contributed by atoms with van der Waals surface area (Å²) >= 11 is 0. The lowest BCUT2D eigenvalue weighted by molar-refractivity contribution is -0.140. The van der Waals surface area contributed by atoms with Crippen molar-refractivity contribution in [1.29, 1.82) is 0 Å². The number of furan rings is 1. The number of carboxylic acids is 1. The van der Waals surface area contributed by atoms with Crippen LogP contribution in [0.25, 0.3) is 0 Å². The molecule has 1 heterocycles. The van der Waals surface area contributed by atoms with E-state index in [9.17, 15) is 9.59 Å². The predicted octanol–water partition coefficient (Wildman–Crippen LogP) is 1.15. The fraction of sp³-hybridized carbons (Fsp3) is 0.455. The summed E-state index contributed by atoms with van der Waals surface area (Å²) in [6.45, 7) is 0.534. The number of hydrogen-bond acceptors (Lipinski definition) is 3. The highest BCUT2D eigenvalue weighted by atomic mass is 16.4. The SMILES string of the molecule is CN(CCc1ccco1)C(=O)CCC(=O)O. The Balaban J connectivity index is 2.26. The zero-order valence-electron chi connectivity index (χ0n) is 9.18. The first kappa shape index (κ1) is 12.3. The maximum Gasteiger partial charge on any atom is 0.303 e. The molecule has 0 aliphatic carbocycles. The van der Waals surface area contributed by atoms with Gasteiger partial charge in [-0.1, -0.05) is 0 Å². The molecule has 0 radical (unpaired) electrons. The molecule has 1 aromatic rings. The first-order valence-electron chi connectivity index (χ1n) is 5.07. The Hall–Kier alpha value is -1.78. The quantitative estimate of drug-likeness (QED) is 0.788. The first-order chi connectivity index (χ1) is 7.59. The van der Waals surface area contributed by atoms with Crippen molar-refractivity contribution in [3.8, 4) is 0 Å². The normalized spacial score (nSPS) is 10.1. The number of aliphatic carboxylic acids is 1. The summed E-state index contributed by atoms with van der Waals surface area (Å²) in [6, 6.07) is 3.64. The maximum atomic E-state index is 11.4. The summed E-state index contributed by atoms with van der Waals surface area (Å²) in [4.78, 5) is 23.2. The molecule has 5 heteroatoms. The zero-order valence-corrected chi connectivity index (χ0v) is 9.18. The monoisotopic (exact) mass is 225 g/mol. The molecule has 0 unspecified atom stereocenters. The Morgan fingerprint density at radius 1 is 1.44 bits per heavy atom. The minimum atomic E-state index is -0.951. The lowest BCUT2D eigenvalue weighted by Gasteiger charge is -2.15. The summed E-state index contributed by atoms with van der Waals surface area (Å²) in [5.41, 5.74) is 0. The van der Waals surface area contributed by atoms with Crippen LogP contribution in [0, 0.1) is 0 Å². The molecule has 0 aliphatic rings. The van der Waals surface area contributed by atoms with Crippen LogP contribution < -0.4 is 0 Å². The largest absolute Gasteiger partial charge is 0.481 e. The topological polar surface area (TPSA) is 70.8 Å². The van der Waals surface area contributed by atoms with E-state index in [1.807, 2.05) is 6.07 Å². The summed E-state index contributed by atoms with van der Waals surface area (Å²) in [5, 5.41) is 8.44. The van der Waals surface area contributed by atoms with E-state index < -0.39 is 5.97 Å². The fourth-order valence-electron chi connectivity index (χ4n) is 1.26. The molecule has 1 rings (SSSR count). The Kier molecular flexibility index (Phi) is 4.57. The van der Waals surface area contributed by atoms with Crippen LogP contribution in [-0.2, 0) is 16.0 Å². The van der Waals surface area contributed by atoms with Crippen molar-refractivity contribution in [1.82, 2.24) is 4.90 Å². The molecule has 1 amide bonds. The lowest BCUT2D eigenvalue weighted by atomic mass is 10.2. The van der Waals surface area contributed by atoms with E-state index in [0.29, 0.717) is 13.0 Å². The van der Waals surface area contributed by atoms with E-state index in [0.717, 1.165) is 5.76 Å². The highest BCUT2D eigenvalue weighted by molar-refractivity contribution is 5.80. The van der Waals surface area contributed by atoms with Crippen molar-refractivity contribution < 1.29 is 19.1 Å². The van der Waals surface area contributed by atoms with Gasteiger partial charge in [0.05, 0.1) is 12.7 Å². The average Bonchev–Trinajstić information content (AvgIpc) is 2.75. The second kappa shape index (κ2) is 5.95. The van der Waals surface area contributed by atoms with E-state index in [4.69, 9.17) is 9.52 Å².